The van der Waals surface area contributed by atoms with Gasteiger partial charge >= 0.3 is 18.2 Å². The molecule has 1 fully saturated rings. The second-order valence-corrected chi connectivity index (χ2v) is 9.09. The maximum Gasteiger partial charge on any atom is 0.410 e. The molecule has 1 aromatic carbocycles. The lowest BCUT2D eigenvalue weighted by molar-refractivity contribution is -0.154. The maximum atomic E-state index is 12.6. The van der Waals surface area contributed by atoms with Crippen molar-refractivity contribution in [2.24, 2.45) is 0 Å². The molecule has 0 spiro atoms. The van der Waals surface area contributed by atoms with E-state index in [-0.39, 0.29) is 32.9 Å². The minimum Gasteiger partial charge on any atom is -0.480 e. The number of hydrogen-bond acceptors (Lipinski definition) is 7. The molecule has 0 aromatic heterocycles. The Labute approximate surface area is 199 Å². The third-order valence-electron chi connectivity index (χ3n) is 4.71. The molecule has 0 bridgehead atoms. The van der Waals surface area contributed by atoms with Crippen LogP contribution in [0.3, 0.4) is 0 Å². The van der Waals surface area contributed by atoms with Crippen molar-refractivity contribution in [2.45, 2.75) is 58.2 Å². The normalized spacial score (nSPS) is 17.9. The van der Waals surface area contributed by atoms with E-state index >= 15 is 0 Å². The molecule has 34 heavy (non-hydrogen) atoms. The van der Waals surface area contributed by atoms with E-state index in [1.807, 2.05) is 30.3 Å². The van der Waals surface area contributed by atoms with E-state index in [0.717, 1.165) is 5.56 Å². The van der Waals surface area contributed by atoms with Crippen molar-refractivity contribution >= 4 is 18.2 Å². The number of carboxylic acids is 1. The van der Waals surface area contributed by atoms with Crippen molar-refractivity contribution in [3.8, 4) is 0 Å². The lowest BCUT2D eigenvalue weighted by Crippen LogP contribution is -2.60. The molecule has 188 valence electrons. The van der Waals surface area contributed by atoms with Crippen LogP contribution < -0.4 is 5.32 Å². The second kappa shape index (κ2) is 12.4. The Morgan fingerprint density at radius 3 is 2.53 bits per heavy atom. The van der Waals surface area contributed by atoms with Gasteiger partial charge in [0, 0.05) is 6.54 Å². The van der Waals surface area contributed by atoms with Crippen LogP contribution >= 0.6 is 0 Å². The minimum absolute atomic E-state index is 0.0221. The van der Waals surface area contributed by atoms with Gasteiger partial charge in [-0.1, -0.05) is 42.5 Å². The number of ether oxygens (including phenoxy) is 4. The van der Waals surface area contributed by atoms with E-state index in [9.17, 15) is 19.5 Å². The number of morpholine rings is 1. The summed E-state index contributed by atoms with van der Waals surface area (Å²) in [5.41, 5.74) is 0.680. The highest BCUT2D eigenvalue weighted by atomic mass is 16.6. The fraction of sp³-hybridized carbons (Fsp3) is 0.542. The topological polar surface area (TPSA) is 124 Å². The Morgan fingerprint density at radius 2 is 1.94 bits per heavy atom. The number of carbonyl (C=O) groups is 3. The van der Waals surface area contributed by atoms with Gasteiger partial charge in [-0.05, 0) is 33.3 Å². The van der Waals surface area contributed by atoms with Crippen LogP contribution in [0.2, 0.25) is 0 Å². The number of nitrogens with one attached hydrogen (secondary N) is 1. The van der Waals surface area contributed by atoms with Gasteiger partial charge in [0.1, 0.15) is 24.4 Å². The fourth-order valence-corrected chi connectivity index (χ4v) is 3.23. The molecular formula is C24H34N2O8. The minimum atomic E-state index is -1.49. The molecular weight excluding hydrogens is 444 g/mol. The van der Waals surface area contributed by atoms with E-state index in [2.05, 4.69) is 11.9 Å². The molecule has 1 aliphatic rings. The van der Waals surface area contributed by atoms with Crippen LogP contribution in [-0.4, -0.2) is 78.3 Å². The van der Waals surface area contributed by atoms with Gasteiger partial charge in [-0.3, -0.25) is 0 Å². The molecule has 10 heteroatoms. The van der Waals surface area contributed by atoms with Gasteiger partial charge in [0.05, 0.1) is 19.8 Å². The van der Waals surface area contributed by atoms with E-state index < -0.39 is 42.0 Å². The van der Waals surface area contributed by atoms with Gasteiger partial charge in [0.25, 0.3) is 0 Å². The molecule has 0 unspecified atom stereocenters. The number of hydrogen-bond donors (Lipinski definition) is 2. The molecule has 0 aliphatic carbocycles. The number of benzene rings is 1. The SMILES string of the molecule is C=C(C)CO[C@@H]([C@H](NC(=O)OC(C)(C)C)C(=O)O)[C@H]1CN(C(=O)OCc2ccccc2)CCO1. The van der Waals surface area contributed by atoms with Crippen LogP contribution in [0.5, 0.6) is 0 Å². The van der Waals surface area contributed by atoms with Crippen LogP contribution in [-0.2, 0) is 30.3 Å². The highest BCUT2D eigenvalue weighted by Gasteiger charge is 2.41. The second-order valence-electron chi connectivity index (χ2n) is 9.09. The summed E-state index contributed by atoms with van der Waals surface area (Å²) in [5, 5.41) is 12.2. The third-order valence-corrected chi connectivity index (χ3v) is 4.71. The standard InChI is InChI=1S/C24H34N2O8/c1-16(2)14-32-20(19(21(27)28)25-22(29)34-24(3,4)5)18-13-26(11-12-31-18)23(30)33-15-17-9-7-6-8-10-17/h6-10,18-20H,1,11-15H2,2-5H3,(H,25,29)(H,27,28)/t18-,19+,20-/m1/s1. The molecule has 1 saturated heterocycles. The molecule has 2 rings (SSSR count). The zero-order chi connectivity index (χ0) is 25.3. The Kier molecular flexibility index (Phi) is 9.88. The van der Waals surface area contributed by atoms with E-state index in [1.165, 1.54) is 4.90 Å². The predicted octanol–water partition coefficient (Wildman–Crippen LogP) is 2.96. The molecule has 1 heterocycles. The number of alkyl carbamates (subject to hydrolysis) is 1. The van der Waals surface area contributed by atoms with E-state index in [4.69, 9.17) is 18.9 Å². The lowest BCUT2D eigenvalue weighted by Gasteiger charge is -2.38. The Hall–Kier alpha value is -3.11. The van der Waals surface area contributed by atoms with Crippen LogP contribution in [0, 0.1) is 0 Å². The van der Waals surface area contributed by atoms with Crippen LogP contribution in [0.1, 0.15) is 33.3 Å². The third kappa shape index (κ3) is 9.03. The monoisotopic (exact) mass is 478 g/mol. The number of nitrogens with zero attached hydrogens (tertiary/aromatic N) is 1. The average molecular weight is 479 g/mol. The summed E-state index contributed by atoms with van der Waals surface area (Å²) >= 11 is 0. The summed E-state index contributed by atoms with van der Waals surface area (Å²) in [6.45, 7) is 11.1. The Bertz CT molecular complexity index is 852. The summed E-state index contributed by atoms with van der Waals surface area (Å²) < 4.78 is 22.2. The quantitative estimate of drug-likeness (QED) is 0.519. The molecule has 2 N–H and O–H groups in total. The van der Waals surface area contributed by atoms with Crippen molar-refractivity contribution in [1.29, 1.82) is 0 Å². The predicted molar refractivity (Wildman–Crippen MR) is 123 cm³/mol. The summed E-state index contributed by atoms with van der Waals surface area (Å²) in [6, 6.07) is 7.77. The van der Waals surface area contributed by atoms with Gasteiger partial charge < -0.3 is 34.3 Å². The molecule has 0 saturated carbocycles. The number of carboxylic acid groups (broad SMARTS) is 1. The first-order valence-corrected chi connectivity index (χ1v) is 11.0. The fourth-order valence-electron chi connectivity index (χ4n) is 3.23. The summed E-state index contributed by atoms with van der Waals surface area (Å²) in [5.74, 6) is -1.33. The first kappa shape index (κ1) is 27.1. The number of carbonyl (C=O) groups excluding carboxylic acids is 2. The van der Waals surface area contributed by atoms with Crippen molar-refractivity contribution in [3.63, 3.8) is 0 Å². The number of amides is 2. The first-order chi connectivity index (χ1) is 16.0. The largest absolute Gasteiger partial charge is 0.480 e. The maximum absolute atomic E-state index is 12.6. The van der Waals surface area contributed by atoms with Crippen molar-refractivity contribution < 1.29 is 38.4 Å². The zero-order valence-electron chi connectivity index (χ0n) is 20.1. The highest BCUT2D eigenvalue weighted by Crippen LogP contribution is 2.18. The molecule has 3 atom stereocenters. The summed E-state index contributed by atoms with van der Waals surface area (Å²) in [4.78, 5) is 38.4. The zero-order valence-corrected chi connectivity index (χ0v) is 20.1. The van der Waals surface area contributed by atoms with Gasteiger partial charge in [-0.15, -0.1) is 0 Å². The Morgan fingerprint density at radius 1 is 1.26 bits per heavy atom. The van der Waals surface area contributed by atoms with Crippen LogP contribution in [0.4, 0.5) is 9.59 Å². The highest BCUT2D eigenvalue weighted by molar-refractivity contribution is 5.80. The molecule has 1 aromatic rings. The van der Waals surface area contributed by atoms with Crippen molar-refractivity contribution in [3.05, 3.63) is 48.0 Å². The molecule has 1 aliphatic heterocycles. The summed E-state index contributed by atoms with van der Waals surface area (Å²) in [6.07, 6.45) is -3.42. The molecule has 2 amide bonds. The number of rotatable bonds is 9. The van der Waals surface area contributed by atoms with Gasteiger partial charge in [0.15, 0.2) is 6.04 Å². The Balaban J connectivity index is 2.12. The lowest BCUT2D eigenvalue weighted by atomic mass is 10.0. The van der Waals surface area contributed by atoms with Crippen LogP contribution in [0.25, 0.3) is 0 Å². The van der Waals surface area contributed by atoms with Gasteiger partial charge in [-0.2, -0.15) is 0 Å². The first-order valence-electron chi connectivity index (χ1n) is 11.0. The summed E-state index contributed by atoms with van der Waals surface area (Å²) in [7, 11) is 0. The van der Waals surface area contributed by atoms with Crippen molar-refractivity contribution in [2.75, 3.05) is 26.3 Å². The molecule has 10 nitrogen and oxygen atoms in total. The molecule has 0 radical (unpaired) electrons. The number of aliphatic carboxylic acids is 1. The average Bonchev–Trinajstić information content (AvgIpc) is 2.76. The van der Waals surface area contributed by atoms with Gasteiger partial charge in [0.2, 0.25) is 0 Å². The van der Waals surface area contributed by atoms with Gasteiger partial charge in [-0.25, -0.2) is 14.4 Å². The van der Waals surface area contributed by atoms with Crippen LogP contribution in [0.15, 0.2) is 42.5 Å². The van der Waals surface area contributed by atoms with E-state index in [1.54, 1.807) is 27.7 Å². The van der Waals surface area contributed by atoms with E-state index in [0.29, 0.717) is 5.57 Å². The van der Waals surface area contributed by atoms with Crippen molar-refractivity contribution in [1.82, 2.24) is 10.2 Å². The smallest absolute Gasteiger partial charge is 0.410 e.